The number of rotatable bonds is 5. The van der Waals surface area contributed by atoms with E-state index >= 15 is 0 Å². The van der Waals surface area contributed by atoms with Crippen molar-refractivity contribution in [2.45, 2.75) is 32.8 Å². The first-order valence-electron chi connectivity index (χ1n) is 6.34. The molecule has 1 saturated carbocycles. The number of halogens is 1. The first-order valence-corrected chi connectivity index (χ1v) is 6.72. The van der Waals surface area contributed by atoms with Crippen LogP contribution in [0.3, 0.4) is 0 Å². The highest BCUT2D eigenvalue weighted by molar-refractivity contribution is 6.33. The highest BCUT2D eigenvalue weighted by Crippen LogP contribution is 2.34. The second-order valence-electron chi connectivity index (χ2n) is 4.87. The monoisotopic (exact) mass is 253 g/mol. The lowest BCUT2D eigenvalue weighted by atomic mass is 10.1. The molecular weight excluding hydrogens is 234 g/mol. The summed E-state index contributed by atoms with van der Waals surface area (Å²) < 4.78 is 0. The lowest BCUT2D eigenvalue weighted by Gasteiger charge is -2.24. The summed E-state index contributed by atoms with van der Waals surface area (Å²) in [4.78, 5) is 2.33. The largest absolute Gasteiger partial charge is 0.389 e. The van der Waals surface area contributed by atoms with E-state index < -0.39 is 6.10 Å². The van der Waals surface area contributed by atoms with Crippen LogP contribution in [-0.4, -0.2) is 18.2 Å². The average Bonchev–Trinajstić information content (AvgIpc) is 3.10. The first kappa shape index (κ1) is 12.7. The predicted molar refractivity (Wildman–Crippen MR) is 72.7 cm³/mol. The molecule has 1 N–H and O–H groups in total. The molecule has 1 atom stereocenters. The molecule has 0 saturated heterocycles. The van der Waals surface area contributed by atoms with Crippen LogP contribution in [0.5, 0.6) is 0 Å². The van der Waals surface area contributed by atoms with Crippen molar-refractivity contribution in [1.82, 2.24) is 0 Å². The quantitative estimate of drug-likeness (QED) is 0.866. The van der Waals surface area contributed by atoms with Crippen molar-refractivity contribution in [3.05, 3.63) is 28.8 Å². The molecule has 1 aromatic carbocycles. The molecule has 0 aliphatic heterocycles. The maximum absolute atomic E-state index is 9.52. The van der Waals surface area contributed by atoms with E-state index in [2.05, 4.69) is 11.8 Å². The maximum atomic E-state index is 9.52. The smallest absolute Gasteiger partial charge is 0.0762 e. The Morgan fingerprint density at radius 1 is 1.47 bits per heavy atom. The van der Waals surface area contributed by atoms with Gasteiger partial charge in [0.05, 0.1) is 16.8 Å². The minimum Gasteiger partial charge on any atom is -0.389 e. The minimum absolute atomic E-state index is 0.458. The number of nitrogens with zero attached hydrogens (tertiary/aromatic N) is 1. The van der Waals surface area contributed by atoms with Gasteiger partial charge in [0, 0.05) is 13.1 Å². The summed E-state index contributed by atoms with van der Waals surface area (Å²) in [6.07, 6.45) is 2.24. The van der Waals surface area contributed by atoms with Gasteiger partial charge in [0.15, 0.2) is 0 Å². The van der Waals surface area contributed by atoms with Gasteiger partial charge in [-0.25, -0.2) is 0 Å². The summed E-state index contributed by atoms with van der Waals surface area (Å²) >= 11 is 6.30. The third kappa shape index (κ3) is 3.14. The molecule has 3 heteroatoms. The van der Waals surface area contributed by atoms with Gasteiger partial charge < -0.3 is 10.0 Å². The van der Waals surface area contributed by atoms with Gasteiger partial charge >= 0.3 is 0 Å². The van der Waals surface area contributed by atoms with Crippen LogP contribution in [-0.2, 0) is 0 Å². The number of hydrogen-bond acceptors (Lipinski definition) is 2. The summed E-state index contributed by atoms with van der Waals surface area (Å²) in [7, 11) is 0. The molecule has 1 fully saturated rings. The van der Waals surface area contributed by atoms with Crippen molar-refractivity contribution in [2.75, 3.05) is 18.0 Å². The van der Waals surface area contributed by atoms with Crippen LogP contribution < -0.4 is 4.90 Å². The fourth-order valence-electron chi connectivity index (χ4n) is 2.05. The van der Waals surface area contributed by atoms with Gasteiger partial charge in [0.1, 0.15) is 0 Å². The topological polar surface area (TPSA) is 23.5 Å². The van der Waals surface area contributed by atoms with E-state index in [0.29, 0.717) is 0 Å². The number of hydrogen-bond donors (Lipinski definition) is 1. The zero-order valence-corrected chi connectivity index (χ0v) is 11.2. The Bertz CT molecular complexity index is 388. The molecule has 94 valence electrons. The molecule has 1 aliphatic rings. The van der Waals surface area contributed by atoms with Gasteiger partial charge in [-0.2, -0.15) is 0 Å². The fourth-order valence-corrected chi connectivity index (χ4v) is 2.36. The summed E-state index contributed by atoms with van der Waals surface area (Å²) in [5.74, 6) is 0.849. The highest BCUT2D eigenvalue weighted by atomic mass is 35.5. The summed E-state index contributed by atoms with van der Waals surface area (Å²) in [6, 6.07) is 5.86. The van der Waals surface area contributed by atoms with Crippen molar-refractivity contribution in [3.8, 4) is 0 Å². The highest BCUT2D eigenvalue weighted by Gasteiger charge is 2.24. The lowest BCUT2D eigenvalue weighted by molar-refractivity contribution is 0.199. The van der Waals surface area contributed by atoms with Crippen LogP contribution >= 0.6 is 11.6 Å². The SMILES string of the molecule is CCN(CC1CC1)c1ccc([C@H](C)O)cc1Cl. The van der Waals surface area contributed by atoms with Gasteiger partial charge in [-0.1, -0.05) is 17.7 Å². The molecule has 1 aliphatic carbocycles. The van der Waals surface area contributed by atoms with Crippen LogP contribution in [0.15, 0.2) is 18.2 Å². The van der Waals surface area contributed by atoms with Crippen LogP contribution in [0.4, 0.5) is 5.69 Å². The molecule has 0 heterocycles. The molecule has 0 unspecified atom stereocenters. The minimum atomic E-state index is -0.458. The predicted octanol–water partition coefficient (Wildman–Crippen LogP) is 3.63. The van der Waals surface area contributed by atoms with Gasteiger partial charge in [-0.15, -0.1) is 0 Å². The third-order valence-corrected chi connectivity index (χ3v) is 3.65. The van der Waals surface area contributed by atoms with Crippen LogP contribution in [0.25, 0.3) is 0 Å². The summed E-state index contributed by atoms with van der Waals surface area (Å²) in [5.41, 5.74) is 1.96. The van der Waals surface area contributed by atoms with Gasteiger partial charge in [-0.3, -0.25) is 0 Å². The Hall–Kier alpha value is -0.730. The Balaban J connectivity index is 2.17. The molecule has 2 nitrogen and oxygen atoms in total. The van der Waals surface area contributed by atoms with E-state index in [1.54, 1.807) is 6.92 Å². The van der Waals surface area contributed by atoms with Gasteiger partial charge in [0.2, 0.25) is 0 Å². The Labute approximate surface area is 108 Å². The normalized spacial score (nSPS) is 16.9. The molecule has 0 radical (unpaired) electrons. The summed E-state index contributed by atoms with van der Waals surface area (Å²) in [5, 5.41) is 10.3. The van der Waals surface area contributed by atoms with Crippen LogP contribution in [0.1, 0.15) is 38.4 Å². The van der Waals surface area contributed by atoms with Crippen molar-refractivity contribution in [2.24, 2.45) is 5.92 Å². The fraction of sp³-hybridized carbons (Fsp3) is 0.571. The van der Waals surface area contributed by atoms with Crippen LogP contribution in [0, 0.1) is 5.92 Å². The standard InChI is InChI=1S/C14H20ClNO/c1-3-16(9-11-4-5-11)14-7-6-12(10(2)17)8-13(14)15/h6-8,10-11,17H,3-5,9H2,1-2H3/t10-/m0/s1. The molecule has 2 rings (SSSR count). The van der Waals surface area contributed by atoms with Crippen molar-refractivity contribution < 1.29 is 5.11 Å². The molecule has 1 aromatic rings. The lowest BCUT2D eigenvalue weighted by Crippen LogP contribution is -2.25. The van der Waals surface area contributed by atoms with E-state index in [1.165, 1.54) is 12.8 Å². The van der Waals surface area contributed by atoms with Crippen molar-refractivity contribution in [3.63, 3.8) is 0 Å². The van der Waals surface area contributed by atoms with E-state index in [4.69, 9.17) is 11.6 Å². The average molecular weight is 254 g/mol. The van der Waals surface area contributed by atoms with E-state index in [-0.39, 0.29) is 0 Å². The van der Waals surface area contributed by atoms with Gasteiger partial charge in [-0.05, 0) is 50.3 Å². The van der Waals surface area contributed by atoms with Crippen molar-refractivity contribution >= 4 is 17.3 Å². The zero-order valence-electron chi connectivity index (χ0n) is 10.5. The molecule has 17 heavy (non-hydrogen) atoms. The molecule has 0 bridgehead atoms. The number of anilines is 1. The molecule has 0 spiro atoms. The van der Waals surface area contributed by atoms with Crippen LogP contribution in [0.2, 0.25) is 5.02 Å². The molecule has 0 amide bonds. The van der Waals surface area contributed by atoms with E-state index in [1.807, 2.05) is 18.2 Å². The third-order valence-electron chi connectivity index (χ3n) is 3.35. The van der Waals surface area contributed by atoms with Crippen molar-refractivity contribution in [1.29, 1.82) is 0 Å². The Morgan fingerprint density at radius 3 is 2.65 bits per heavy atom. The Kier molecular flexibility index (Phi) is 3.95. The first-order chi connectivity index (χ1) is 8.11. The van der Waals surface area contributed by atoms with E-state index in [9.17, 15) is 5.11 Å². The number of aliphatic hydroxyl groups excluding tert-OH is 1. The molecular formula is C14H20ClNO. The Morgan fingerprint density at radius 2 is 2.18 bits per heavy atom. The second kappa shape index (κ2) is 5.28. The second-order valence-corrected chi connectivity index (χ2v) is 5.28. The van der Waals surface area contributed by atoms with Gasteiger partial charge in [0.25, 0.3) is 0 Å². The summed E-state index contributed by atoms with van der Waals surface area (Å²) in [6.45, 7) is 5.99. The molecule has 0 aromatic heterocycles. The maximum Gasteiger partial charge on any atom is 0.0762 e. The number of aliphatic hydroxyl groups is 1. The zero-order chi connectivity index (χ0) is 12.4. The van der Waals surface area contributed by atoms with E-state index in [0.717, 1.165) is 35.3 Å². The number of benzene rings is 1.